The Hall–Kier alpha value is -2.15. The molecule has 2 aromatic rings. The number of nitrogens with two attached hydrogens (primary N) is 1. The third kappa shape index (κ3) is 3.13. The van der Waals surface area contributed by atoms with Crippen LogP contribution >= 0.6 is 15.9 Å². The zero-order chi connectivity index (χ0) is 15.6. The first-order valence-electron chi connectivity index (χ1n) is 5.82. The SMILES string of the molecule is COc1cccc(N)c1C(=O)Nc1c(F)cc(Br)cc1F. The molecule has 110 valence electrons. The van der Waals surface area contributed by atoms with E-state index in [0.717, 1.165) is 12.1 Å². The van der Waals surface area contributed by atoms with E-state index in [-0.39, 0.29) is 21.5 Å². The van der Waals surface area contributed by atoms with Gasteiger partial charge in [0.2, 0.25) is 0 Å². The average molecular weight is 357 g/mol. The number of carbonyl (C=O) groups excluding carboxylic acids is 1. The second-order valence-electron chi connectivity index (χ2n) is 4.12. The highest BCUT2D eigenvalue weighted by molar-refractivity contribution is 9.10. The number of nitrogen functional groups attached to an aromatic ring is 1. The summed E-state index contributed by atoms with van der Waals surface area (Å²) in [5.74, 6) is -2.34. The van der Waals surface area contributed by atoms with Gasteiger partial charge in [0, 0.05) is 10.2 Å². The van der Waals surface area contributed by atoms with Crippen molar-refractivity contribution in [3.63, 3.8) is 0 Å². The quantitative estimate of drug-likeness (QED) is 0.826. The minimum absolute atomic E-state index is 0.0155. The number of amides is 1. The third-order valence-electron chi connectivity index (χ3n) is 2.75. The summed E-state index contributed by atoms with van der Waals surface area (Å²) in [4.78, 5) is 12.2. The lowest BCUT2D eigenvalue weighted by Crippen LogP contribution is -2.17. The Kier molecular flexibility index (Phi) is 4.42. The zero-order valence-electron chi connectivity index (χ0n) is 10.9. The molecule has 0 atom stereocenters. The van der Waals surface area contributed by atoms with E-state index in [1.54, 1.807) is 6.07 Å². The fourth-order valence-corrected chi connectivity index (χ4v) is 2.20. The Bertz CT molecular complexity index is 684. The highest BCUT2D eigenvalue weighted by Gasteiger charge is 2.19. The standard InChI is InChI=1S/C14H11BrF2N2O2/c1-21-11-4-2-3-10(18)12(11)14(20)19-13-8(16)5-7(15)6-9(13)17/h2-6H,18H2,1H3,(H,19,20). The predicted molar refractivity (Wildman–Crippen MR) is 79.4 cm³/mol. The predicted octanol–water partition coefficient (Wildman–Crippen LogP) is 3.57. The summed E-state index contributed by atoms with van der Waals surface area (Å²) in [6.07, 6.45) is 0. The topological polar surface area (TPSA) is 64.3 Å². The van der Waals surface area contributed by atoms with Crippen LogP contribution in [0.4, 0.5) is 20.2 Å². The highest BCUT2D eigenvalue weighted by Crippen LogP contribution is 2.28. The molecule has 4 nitrogen and oxygen atoms in total. The van der Waals surface area contributed by atoms with Crippen molar-refractivity contribution in [3.8, 4) is 5.75 Å². The van der Waals surface area contributed by atoms with E-state index in [9.17, 15) is 13.6 Å². The highest BCUT2D eigenvalue weighted by atomic mass is 79.9. The van der Waals surface area contributed by atoms with E-state index in [4.69, 9.17) is 10.5 Å². The average Bonchev–Trinajstić information content (AvgIpc) is 2.42. The number of hydrogen-bond donors (Lipinski definition) is 2. The van der Waals surface area contributed by atoms with Gasteiger partial charge in [0.25, 0.3) is 5.91 Å². The van der Waals surface area contributed by atoms with Crippen LogP contribution in [-0.2, 0) is 0 Å². The fraction of sp³-hybridized carbons (Fsp3) is 0.0714. The third-order valence-corrected chi connectivity index (χ3v) is 3.21. The molecule has 0 aliphatic carbocycles. The number of anilines is 2. The van der Waals surface area contributed by atoms with Crippen molar-refractivity contribution in [3.05, 3.63) is 52.0 Å². The van der Waals surface area contributed by atoms with Crippen LogP contribution in [0.25, 0.3) is 0 Å². The maximum atomic E-state index is 13.7. The van der Waals surface area contributed by atoms with Crippen molar-refractivity contribution in [2.75, 3.05) is 18.2 Å². The molecule has 0 aliphatic rings. The van der Waals surface area contributed by atoms with E-state index in [1.807, 2.05) is 0 Å². The molecule has 2 aromatic carbocycles. The Balaban J connectivity index is 2.40. The molecule has 0 radical (unpaired) electrons. The molecule has 7 heteroatoms. The number of hydrogen-bond acceptors (Lipinski definition) is 3. The van der Waals surface area contributed by atoms with Crippen molar-refractivity contribution in [2.45, 2.75) is 0 Å². The number of rotatable bonds is 3. The molecule has 0 unspecified atom stereocenters. The minimum Gasteiger partial charge on any atom is -0.496 e. The molecule has 1 amide bonds. The van der Waals surface area contributed by atoms with Gasteiger partial charge < -0.3 is 15.8 Å². The van der Waals surface area contributed by atoms with E-state index in [1.165, 1.54) is 19.2 Å². The number of ether oxygens (including phenoxy) is 1. The van der Waals surface area contributed by atoms with Crippen LogP contribution in [0.3, 0.4) is 0 Å². The van der Waals surface area contributed by atoms with Gasteiger partial charge in [-0.3, -0.25) is 4.79 Å². The maximum absolute atomic E-state index is 13.7. The maximum Gasteiger partial charge on any atom is 0.261 e. The summed E-state index contributed by atoms with van der Waals surface area (Å²) in [7, 11) is 1.37. The first kappa shape index (κ1) is 15.2. The van der Waals surface area contributed by atoms with Crippen LogP contribution in [0.5, 0.6) is 5.75 Å². The number of nitrogens with one attached hydrogen (secondary N) is 1. The monoisotopic (exact) mass is 356 g/mol. The molecule has 3 N–H and O–H groups in total. The summed E-state index contributed by atoms with van der Waals surface area (Å²) in [5.41, 5.74) is 5.33. The second-order valence-corrected chi connectivity index (χ2v) is 5.04. The molecule has 0 saturated carbocycles. The molecule has 0 heterocycles. The molecular weight excluding hydrogens is 346 g/mol. The minimum atomic E-state index is -0.899. The van der Waals surface area contributed by atoms with Gasteiger partial charge in [-0.05, 0) is 24.3 Å². The molecule has 0 aromatic heterocycles. The Morgan fingerprint density at radius 3 is 2.48 bits per heavy atom. The number of carbonyl (C=O) groups is 1. The summed E-state index contributed by atoms with van der Waals surface area (Å²) >= 11 is 2.96. The summed E-state index contributed by atoms with van der Waals surface area (Å²) in [5, 5.41) is 2.17. The van der Waals surface area contributed by atoms with Gasteiger partial charge >= 0.3 is 0 Å². The van der Waals surface area contributed by atoms with Gasteiger partial charge in [0.1, 0.15) is 17.0 Å². The van der Waals surface area contributed by atoms with Crippen molar-refractivity contribution in [2.24, 2.45) is 0 Å². The van der Waals surface area contributed by atoms with Gasteiger partial charge in [-0.2, -0.15) is 0 Å². The van der Waals surface area contributed by atoms with Crippen LogP contribution in [0.1, 0.15) is 10.4 Å². The van der Waals surface area contributed by atoms with Crippen molar-refractivity contribution >= 4 is 33.2 Å². The van der Waals surface area contributed by atoms with E-state index < -0.39 is 23.2 Å². The second kappa shape index (κ2) is 6.09. The number of methoxy groups -OCH3 is 1. The molecule has 2 rings (SSSR count). The van der Waals surface area contributed by atoms with Crippen LogP contribution in [-0.4, -0.2) is 13.0 Å². The number of halogens is 3. The van der Waals surface area contributed by atoms with Crippen molar-refractivity contribution in [1.82, 2.24) is 0 Å². The van der Waals surface area contributed by atoms with Crippen LogP contribution < -0.4 is 15.8 Å². The molecule has 0 saturated heterocycles. The molecule has 0 spiro atoms. The lowest BCUT2D eigenvalue weighted by molar-refractivity contribution is 0.102. The Morgan fingerprint density at radius 1 is 1.29 bits per heavy atom. The van der Waals surface area contributed by atoms with E-state index in [0.29, 0.717) is 0 Å². The smallest absolute Gasteiger partial charge is 0.261 e. The van der Waals surface area contributed by atoms with Crippen LogP contribution in [0, 0.1) is 11.6 Å². The molecule has 0 fully saturated rings. The van der Waals surface area contributed by atoms with E-state index >= 15 is 0 Å². The van der Waals surface area contributed by atoms with Gasteiger partial charge in [0.15, 0.2) is 11.6 Å². The molecule has 0 aliphatic heterocycles. The van der Waals surface area contributed by atoms with Gasteiger partial charge in [0.05, 0.1) is 7.11 Å². The van der Waals surface area contributed by atoms with Gasteiger partial charge in [-0.1, -0.05) is 22.0 Å². The lowest BCUT2D eigenvalue weighted by atomic mass is 10.1. The first-order valence-corrected chi connectivity index (χ1v) is 6.61. The molecular formula is C14H11BrF2N2O2. The number of benzene rings is 2. The summed E-state index contributed by atoms with van der Waals surface area (Å²) in [6.45, 7) is 0. The Labute approximate surface area is 128 Å². The van der Waals surface area contributed by atoms with Crippen LogP contribution in [0.15, 0.2) is 34.8 Å². The zero-order valence-corrected chi connectivity index (χ0v) is 12.5. The van der Waals surface area contributed by atoms with Crippen molar-refractivity contribution < 1.29 is 18.3 Å². The van der Waals surface area contributed by atoms with Crippen molar-refractivity contribution in [1.29, 1.82) is 0 Å². The molecule has 0 bridgehead atoms. The molecule has 21 heavy (non-hydrogen) atoms. The first-order chi connectivity index (χ1) is 9.93. The largest absolute Gasteiger partial charge is 0.496 e. The van der Waals surface area contributed by atoms with Gasteiger partial charge in [-0.15, -0.1) is 0 Å². The summed E-state index contributed by atoms with van der Waals surface area (Å²) < 4.78 is 32.7. The Morgan fingerprint density at radius 2 is 1.90 bits per heavy atom. The lowest BCUT2D eigenvalue weighted by Gasteiger charge is -2.12. The van der Waals surface area contributed by atoms with Crippen LogP contribution in [0.2, 0.25) is 0 Å². The fourth-order valence-electron chi connectivity index (χ4n) is 1.80. The van der Waals surface area contributed by atoms with Gasteiger partial charge in [-0.25, -0.2) is 8.78 Å². The summed E-state index contributed by atoms with van der Waals surface area (Å²) in [6, 6.07) is 6.71. The van der Waals surface area contributed by atoms with E-state index in [2.05, 4.69) is 21.2 Å². The normalized spacial score (nSPS) is 10.3.